The summed E-state index contributed by atoms with van der Waals surface area (Å²) < 4.78 is 20.1. The SMILES string of the molecule is COCCN1C[C@H](C(=O)c2ccccc2)[C@@H](c2cccc(F)c2C)[C@H](C(=O)N2CCC(CO)CC2)C1. The molecule has 0 aliphatic carbocycles. The van der Waals surface area contributed by atoms with Crippen LogP contribution in [0.4, 0.5) is 4.39 Å². The van der Waals surface area contributed by atoms with E-state index in [4.69, 9.17) is 4.74 Å². The van der Waals surface area contributed by atoms with E-state index in [1.165, 1.54) is 6.07 Å². The summed E-state index contributed by atoms with van der Waals surface area (Å²) in [6.45, 7) is 5.12. The summed E-state index contributed by atoms with van der Waals surface area (Å²) in [7, 11) is 1.64. The second-order valence-corrected chi connectivity index (χ2v) is 10.1. The van der Waals surface area contributed by atoms with Crippen molar-refractivity contribution < 1.29 is 23.8 Å². The van der Waals surface area contributed by atoms with Gasteiger partial charge >= 0.3 is 0 Å². The maximum atomic E-state index is 14.8. The minimum Gasteiger partial charge on any atom is -0.396 e. The number of likely N-dealkylation sites (tertiary alicyclic amines) is 2. The molecule has 3 atom stereocenters. The van der Waals surface area contributed by atoms with Gasteiger partial charge in [-0.25, -0.2) is 4.39 Å². The fourth-order valence-corrected chi connectivity index (χ4v) is 5.82. The molecule has 2 aromatic rings. The summed E-state index contributed by atoms with van der Waals surface area (Å²) in [5.41, 5.74) is 1.83. The van der Waals surface area contributed by atoms with E-state index in [0.29, 0.717) is 50.5 Å². The molecule has 2 aliphatic heterocycles. The number of nitrogens with zero attached hydrogens (tertiary/aromatic N) is 2. The molecular weight excluding hydrogens is 459 g/mol. The molecule has 6 nitrogen and oxygen atoms in total. The Morgan fingerprint density at radius 1 is 1.03 bits per heavy atom. The molecule has 1 N–H and O–H groups in total. The molecule has 0 spiro atoms. The second-order valence-electron chi connectivity index (χ2n) is 10.1. The van der Waals surface area contributed by atoms with Crippen molar-refractivity contribution in [2.45, 2.75) is 25.7 Å². The van der Waals surface area contributed by atoms with Crippen LogP contribution < -0.4 is 0 Å². The zero-order valence-electron chi connectivity index (χ0n) is 21.2. The Bertz CT molecular complexity index is 1040. The minimum atomic E-state index is -0.498. The first kappa shape index (κ1) is 26.5. The van der Waals surface area contributed by atoms with Gasteiger partial charge in [0.15, 0.2) is 5.78 Å². The van der Waals surface area contributed by atoms with Gasteiger partial charge < -0.3 is 14.7 Å². The van der Waals surface area contributed by atoms with Crippen LogP contribution >= 0.6 is 0 Å². The number of rotatable bonds is 8. The molecule has 0 aromatic heterocycles. The normalized spacial score (nSPS) is 23.6. The van der Waals surface area contributed by atoms with Gasteiger partial charge in [-0.15, -0.1) is 0 Å². The van der Waals surface area contributed by atoms with Crippen LogP contribution in [0.25, 0.3) is 0 Å². The number of halogens is 1. The Hall–Kier alpha value is -2.61. The predicted molar refractivity (Wildman–Crippen MR) is 136 cm³/mol. The number of piperidine rings is 2. The van der Waals surface area contributed by atoms with Crippen molar-refractivity contribution >= 4 is 11.7 Å². The topological polar surface area (TPSA) is 70.1 Å². The molecule has 0 radical (unpaired) electrons. The fraction of sp³-hybridized carbons (Fsp3) is 0.517. The molecule has 36 heavy (non-hydrogen) atoms. The third-order valence-electron chi connectivity index (χ3n) is 7.95. The number of benzene rings is 2. The fourth-order valence-electron chi connectivity index (χ4n) is 5.82. The van der Waals surface area contributed by atoms with E-state index in [2.05, 4.69) is 4.90 Å². The summed E-state index contributed by atoms with van der Waals surface area (Å²) in [6, 6.07) is 14.1. The molecule has 194 valence electrons. The monoisotopic (exact) mass is 496 g/mol. The van der Waals surface area contributed by atoms with E-state index in [1.54, 1.807) is 20.1 Å². The van der Waals surface area contributed by atoms with Crippen molar-refractivity contribution in [1.29, 1.82) is 0 Å². The van der Waals surface area contributed by atoms with Crippen molar-refractivity contribution in [2.24, 2.45) is 17.8 Å². The Kier molecular flexibility index (Phi) is 8.88. The zero-order chi connectivity index (χ0) is 25.7. The van der Waals surface area contributed by atoms with E-state index < -0.39 is 17.8 Å². The Labute approximate surface area is 213 Å². The summed E-state index contributed by atoms with van der Waals surface area (Å²) in [5.74, 6) is -1.55. The number of methoxy groups -OCH3 is 1. The lowest BCUT2D eigenvalue weighted by Crippen LogP contribution is -2.55. The summed E-state index contributed by atoms with van der Waals surface area (Å²) in [6.07, 6.45) is 1.52. The van der Waals surface area contributed by atoms with E-state index in [-0.39, 0.29) is 30.0 Å². The van der Waals surface area contributed by atoms with Crippen LogP contribution in [0.3, 0.4) is 0 Å². The van der Waals surface area contributed by atoms with Gasteiger partial charge in [0, 0.05) is 63.8 Å². The van der Waals surface area contributed by atoms with E-state index in [0.717, 1.165) is 18.4 Å². The Morgan fingerprint density at radius 2 is 1.72 bits per heavy atom. The van der Waals surface area contributed by atoms with Crippen molar-refractivity contribution in [3.05, 3.63) is 71.0 Å². The summed E-state index contributed by atoms with van der Waals surface area (Å²) in [4.78, 5) is 32.0. The molecule has 2 saturated heterocycles. The molecule has 4 rings (SSSR count). The quantitative estimate of drug-likeness (QED) is 0.567. The van der Waals surface area contributed by atoms with Crippen molar-refractivity contribution in [3.8, 4) is 0 Å². The lowest BCUT2D eigenvalue weighted by Gasteiger charge is -2.45. The number of aliphatic hydroxyl groups is 1. The molecule has 2 aromatic carbocycles. The number of carbonyl (C=O) groups is 2. The standard InChI is InChI=1S/C29H37FN2O4/c1-20-23(9-6-10-26(20)30)27-24(28(34)22-7-4-3-5-8-22)17-31(15-16-36-2)18-25(27)29(35)32-13-11-21(19-33)12-14-32/h3-10,21,24-25,27,33H,11-19H2,1-2H3/t24-,25+,27+/m0/s1. The first-order valence-corrected chi connectivity index (χ1v) is 12.9. The largest absolute Gasteiger partial charge is 0.396 e. The number of ketones is 1. The van der Waals surface area contributed by atoms with Crippen LogP contribution in [0.2, 0.25) is 0 Å². The van der Waals surface area contributed by atoms with E-state index in [1.807, 2.05) is 41.3 Å². The lowest BCUT2D eigenvalue weighted by atomic mass is 9.69. The number of amides is 1. The number of hydrogen-bond acceptors (Lipinski definition) is 5. The van der Waals surface area contributed by atoms with Gasteiger partial charge in [-0.1, -0.05) is 42.5 Å². The molecule has 0 unspecified atom stereocenters. The van der Waals surface area contributed by atoms with Crippen LogP contribution in [0, 0.1) is 30.5 Å². The first-order valence-electron chi connectivity index (χ1n) is 12.9. The van der Waals surface area contributed by atoms with Crippen LogP contribution in [-0.4, -0.2) is 79.6 Å². The molecular formula is C29H37FN2O4. The molecule has 2 fully saturated rings. The maximum Gasteiger partial charge on any atom is 0.227 e. The Morgan fingerprint density at radius 3 is 2.39 bits per heavy atom. The average molecular weight is 497 g/mol. The Balaban J connectivity index is 1.75. The van der Waals surface area contributed by atoms with Gasteiger partial charge in [0.25, 0.3) is 0 Å². The van der Waals surface area contributed by atoms with E-state index in [9.17, 15) is 19.1 Å². The highest BCUT2D eigenvalue weighted by molar-refractivity contribution is 5.99. The van der Waals surface area contributed by atoms with Gasteiger partial charge in [0.05, 0.1) is 12.5 Å². The highest BCUT2D eigenvalue weighted by Crippen LogP contribution is 2.42. The molecule has 0 saturated carbocycles. The van der Waals surface area contributed by atoms with Crippen molar-refractivity contribution in [3.63, 3.8) is 0 Å². The van der Waals surface area contributed by atoms with Crippen LogP contribution in [0.5, 0.6) is 0 Å². The predicted octanol–water partition coefficient (Wildman–Crippen LogP) is 3.53. The summed E-state index contributed by atoms with van der Waals surface area (Å²) in [5, 5.41) is 9.54. The highest BCUT2D eigenvalue weighted by atomic mass is 19.1. The van der Waals surface area contributed by atoms with Crippen LogP contribution in [-0.2, 0) is 9.53 Å². The lowest BCUT2D eigenvalue weighted by molar-refractivity contribution is -0.140. The van der Waals surface area contributed by atoms with Gasteiger partial charge in [-0.3, -0.25) is 14.5 Å². The molecule has 2 aliphatic rings. The second kappa shape index (κ2) is 12.1. The van der Waals surface area contributed by atoms with Crippen molar-refractivity contribution in [2.75, 3.05) is 53.0 Å². The van der Waals surface area contributed by atoms with Gasteiger partial charge in [-0.2, -0.15) is 0 Å². The van der Waals surface area contributed by atoms with Gasteiger partial charge in [0.2, 0.25) is 5.91 Å². The van der Waals surface area contributed by atoms with Crippen LogP contribution in [0.1, 0.15) is 40.2 Å². The van der Waals surface area contributed by atoms with E-state index >= 15 is 0 Å². The average Bonchev–Trinajstić information content (AvgIpc) is 2.92. The molecule has 0 bridgehead atoms. The maximum absolute atomic E-state index is 14.8. The minimum absolute atomic E-state index is 0.00743. The number of carbonyl (C=O) groups excluding carboxylic acids is 2. The number of hydrogen-bond donors (Lipinski definition) is 1. The van der Waals surface area contributed by atoms with Crippen molar-refractivity contribution in [1.82, 2.24) is 9.80 Å². The first-order chi connectivity index (χ1) is 17.4. The van der Waals surface area contributed by atoms with Gasteiger partial charge in [-0.05, 0) is 42.9 Å². The zero-order valence-corrected chi connectivity index (χ0v) is 21.2. The van der Waals surface area contributed by atoms with Gasteiger partial charge in [0.1, 0.15) is 5.82 Å². The third kappa shape index (κ3) is 5.69. The van der Waals surface area contributed by atoms with Crippen LogP contribution in [0.15, 0.2) is 48.5 Å². The molecule has 7 heteroatoms. The number of ether oxygens (including phenoxy) is 1. The summed E-state index contributed by atoms with van der Waals surface area (Å²) >= 11 is 0. The smallest absolute Gasteiger partial charge is 0.227 e. The molecule has 1 amide bonds. The third-order valence-corrected chi connectivity index (χ3v) is 7.95. The number of Topliss-reactive ketones (excluding diaryl/α,β-unsaturated/α-hetero) is 1. The number of aliphatic hydroxyl groups excluding tert-OH is 1. The molecule has 2 heterocycles. The highest BCUT2D eigenvalue weighted by Gasteiger charge is 2.46.